The number of rotatable bonds is 7. The van der Waals surface area contributed by atoms with E-state index in [2.05, 4.69) is 4.98 Å². The monoisotopic (exact) mass is 532 g/mol. The maximum atomic E-state index is 14.7. The van der Waals surface area contributed by atoms with Gasteiger partial charge in [-0.3, -0.25) is 4.79 Å². The van der Waals surface area contributed by atoms with E-state index < -0.39 is 58.6 Å². The van der Waals surface area contributed by atoms with Crippen molar-refractivity contribution in [2.24, 2.45) is 0 Å². The molecule has 0 radical (unpaired) electrons. The summed E-state index contributed by atoms with van der Waals surface area (Å²) in [6.07, 6.45) is -0.0804. The first-order chi connectivity index (χ1) is 18.0. The third kappa shape index (κ3) is 4.89. The van der Waals surface area contributed by atoms with Crippen LogP contribution < -0.4 is 16.1 Å². The van der Waals surface area contributed by atoms with Crippen LogP contribution in [0.2, 0.25) is 0 Å². The van der Waals surface area contributed by atoms with Crippen LogP contribution >= 0.6 is 0 Å². The van der Waals surface area contributed by atoms with Gasteiger partial charge in [-0.25, -0.2) is 36.7 Å². The summed E-state index contributed by atoms with van der Waals surface area (Å²) in [5.74, 6) is -7.48. The number of aromatic nitrogens is 2. The highest BCUT2D eigenvalue weighted by Gasteiger charge is 2.32. The zero-order chi connectivity index (χ0) is 27.7. The second kappa shape index (κ2) is 10.5. The summed E-state index contributed by atoms with van der Waals surface area (Å²) >= 11 is 0. The largest absolute Gasteiger partial charge is 0.493 e. The average molecular weight is 532 g/mol. The third-order valence-corrected chi connectivity index (χ3v) is 5.99. The summed E-state index contributed by atoms with van der Waals surface area (Å²) < 4.78 is 72.7. The summed E-state index contributed by atoms with van der Waals surface area (Å²) in [6, 6.07) is 4.94. The number of carbonyl (C=O) groups excluding carboxylic acids is 1. The number of carbonyl (C=O) groups is 1. The molecule has 2 heterocycles. The molecule has 4 aromatic rings. The van der Waals surface area contributed by atoms with Crippen LogP contribution in [0.5, 0.6) is 5.75 Å². The SMILES string of the molecule is COc1ccnc2c(=O)n([C@@H](C)C(=O)O[C@@H](C)C(c3ccc(F)cc3F)c3ccc(F)cc3F)c(=O)oc12. The fourth-order valence-corrected chi connectivity index (χ4v) is 4.15. The Bertz CT molecular complexity index is 1600. The summed E-state index contributed by atoms with van der Waals surface area (Å²) in [4.78, 5) is 42.5. The molecule has 0 unspecified atom stereocenters. The summed E-state index contributed by atoms with van der Waals surface area (Å²) in [5, 5.41) is 0. The molecular weight excluding hydrogens is 512 g/mol. The minimum atomic E-state index is -1.55. The minimum absolute atomic E-state index is 0.0747. The minimum Gasteiger partial charge on any atom is -0.493 e. The van der Waals surface area contributed by atoms with Crippen molar-refractivity contribution in [3.63, 3.8) is 0 Å². The van der Waals surface area contributed by atoms with Crippen molar-refractivity contribution in [2.75, 3.05) is 7.11 Å². The van der Waals surface area contributed by atoms with E-state index in [-0.39, 0.29) is 28.0 Å². The van der Waals surface area contributed by atoms with Gasteiger partial charge >= 0.3 is 11.7 Å². The van der Waals surface area contributed by atoms with Gasteiger partial charge in [0.15, 0.2) is 11.3 Å². The molecule has 0 aliphatic heterocycles. The van der Waals surface area contributed by atoms with Crippen molar-refractivity contribution in [3.8, 4) is 5.75 Å². The zero-order valence-electron chi connectivity index (χ0n) is 20.2. The highest BCUT2D eigenvalue weighted by molar-refractivity contribution is 5.78. The molecule has 0 fully saturated rings. The van der Waals surface area contributed by atoms with Crippen molar-refractivity contribution in [1.82, 2.24) is 9.55 Å². The van der Waals surface area contributed by atoms with E-state index in [4.69, 9.17) is 13.9 Å². The Hall–Kier alpha value is -4.48. The highest BCUT2D eigenvalue weighted by atomic mass is 19.1. The van der Waals surface area contributed by atoms with E-state index in [0.717, 1.165) is 24.3 Å². The molecule has 0 amide bonds. The molecule has 0 saturated carbocycles. The van der Waals surface area contributed by atoms with Gasteiger partial charge in [-0.15, -0.1) is 0 Å². The Morgan fingerprint density at radius 1 is 0.947 bits per heavy atom. The van der Waals surface area contributed by atoms with Gasteiger partial charge in [-0.2, -0.15) is 0 Å². The van der Waals surface area contributed by atoms with E-state index in [1.54, 1.807) is 0 Å². The lowest BCUT2D eigenvalue weighted by molar-refractivity contribution is -0.152. The number of benzene rings is 2. The molecule has 12 heteroatoms. The van der Waals surface area contributed by atoms with E-state index in [9.17, 15) is 31.9 Å². The third-order valence-electron chi connectivity index (χ3n) is 5.99. The van der Waals surface area contributed by atoms with Gasteiger partial charge in [0.25, 0.3) is 5.56 Å². The molecule has 0 saturated heterocycles. The molecular formula is C26H20F4N2O6. The molecule has 8 nitrogen and oxygen atoms in total. The molecule has 0 aliphatic rings. The molecule has 198 valence electrons. The molecule has 0 bridgehead atoms. The quantitative estimate of drug-likeness (QED) is 0.259. The van der Waals surface area contributed by atoms with Gasteiger partial charge in [0.1, 0.15) is 35.4 Å². The molecule has 0 spiro atoms. The first-order valence-electron chi connectivity index (χ1n) is 11.2. The van der Waals surface area contributed by atoms with E-state index in [0.29, 0.717) is 16.7 Å². The molecule has 2 aromatic heterocycles. The number of nitrogens with zero attached hydrogens (tertiary/aromatic N) is 2. The molecule has 2 atom stereocenters. The van der Waals surface area contributed by atoms with Crippen LogP contribution in [0.4, 0.5) is 17.6 Å². The van der Waals surface area contributed by atoms with Gasteiger partial charge in [-0.05, 0) is 37.1 Å². The van der Waals surface area contributed by atoms with E-state index in [1.807, 2.05) is 0 Å². The average Bonchev–Trinajstić information content (AvgIpc) is 2.86. The van der Waals surface area contributed by atoms with Crippen molar-refractivity contribution in [1.29, 1.82) is 0 Å². The fraction of sp³-hybridized carbons (Fsp3) is 0.231. The van der Waals surface area contributed by atoms with E-state index >= 15 is 0 Å². The van der Waals surface area contributed by atoms with Crippen LogP contribution in [0.15, 0.2) is 62.7 Å². The van der Waals surface area contributed by atoms with Crippen LogP contribution in [0.25, 0.3) is 11.1 Å². The predicted octanol–water partition coefficient (Wildman–Crippen LogP) is 4.24. The number of esters is 1. The van der Waals surface area contributed by atoms with Crippen molar-refractivity contribution in [3.05, 3.63) is 104 Å². The maximum Gasteiger partial charge on any atom is 0.423 e. The van der Waals surface area contributed by atoms with Gasteiger partial charge in [0, 0.05) is 24.4 Å². The lowest BCUT2D eigenvalue weighted by Crippen LogP contribution is -2.40. The van der Waals surface area contributed by atoms with Gasteiger partial charge in [-0.1, -0.05) is 12.1 Å². The summed E-state index contributed by atoms with van der Waals surface area (Å²) in [6.45, 7) is 2.49. The Morgan fingerprint density at radius 3 is 2.05 bits per heavy atom. The number of hydrogen-bond donors (Lipinski definition) is 0. The molecule has 0 aliphatic carbocycles. The van der Waals surface area contributed by atoms with Crippen LogP contribution in [-0.2, 0) is 9.53 Å². The number of methoxy groups -OCH3 is 1. The van der Waals surface area contributed by atoms with Crippen molar-refractivity contribution in [2.45, 2.75) is 31.9 Å². The lowest BCUT2D eigenvalue weighted by atomic mass is 9.86. The fourth-order valence-electron chi connectivity index (χ4n) is 4.15. The Kier molecular flexibility index (Phi) is 7.33. The summed E-state index contributed by atoms with van der Waals surface area (Å²) in [7, 11) is 1.30. The van der Waals surface area contributed by atoms with Crippen LogP contribution in [0, 0.1) is 23.3 Å². The number of hydrogen-bond acceptors (Lipinski definition) is 7. The number of pyridine rings is 1. The Labute approximate surface area is 212 Å². The number of halogens is 4. The molecule has 0 N–H and O–H groups in total. The lowest BCUT2D eigenvalue weighted by Gasteiger charge is -2.27. The van der Waals surface area contributed by atoms with Crippen LogP contribution in [0.3, 0.4) is 0 Å². The molecule has 4 rings (SSSR count). The first kappa shape index (κ1) is 26.6. The number of fused-ring (bicyclic) bond motifs is 1. The number of ether oxygens (including phenoxy) is 2. The first-order valence-corrected chi connectivity index (χ1v) is 11.2. The van der Waals surface area contributed by atoms with Crippen molar-refractivity contribution >= 4 is 17.1 Å². The normalized spacial score (nSPS) is 12.9. The Balaban J connectivity index is 1.72. The highest BCUT2D eigenvalue weighted by Crippen LogP contribution is 2.34. The second-order valence-electron chi connectivity index (χ2n) is 8.36. The van der Waals surface area contributed by atoms with Gasteiger partial charge in [0.05, 0.1) is 13.0 Å². The van der Waals surface area contributed by atoms with Crippen LogP contribution in [0.1, 0.15) is 36.9 Å². The maximum absolute atomic E-state index is 14.7. The Morgan fingerprint density at radius 2 is 1.53 bits per heavy atom. The van der Waals surface area contributed by atoms with Gasteiger partial charge < -0.3 is 13.9 Å². The van der Waals surface area contributed by atoms with Gasteiger partial charge in [0.2, 0.25) is 5.58 Å². The zero-order valence-corrected chi connectivity index (χ0v) is 20.2. The second-order valence-corrected chi connectivity index (χ2v) is 8.36. The molecule has 2 aromatic carbocycles. The smallest absolute Gasteiger partial charge is 0.423 e. The standard InChI is InChI=1S/C26H20F4N2O6/c1-12(32-24(33)22-23(38-26(32)35)20(36-3)8-9-31-22)25(34)37-13(2)21(16-6-4-14(27)10-18(16)29)17-7-5-15(28)11-19(17)30/h4-13,21H,1-3H3/t12-,13-/m0/s1. The van der Waals surface area contributed by atoms with Crippen molar-refractivity contribution < 1.29 is 36.2 Å². The predicted molar refractivity (Wildman–Crippen MR) is 126 cm³/mol. The topological polar surface area (TPSA) is 101 Å². The van der Waals surface area contributed by atoms with E-state index in [1.165, 1.54) is 33.2 Å². The summed E-state index contributed by atoms with van der Waals surface area (Å²) in [5.41, 5.74) is -1.92. The van der Waals surface area contributed by atoms with Crippen LogP contribution in [-0.4, -0.2) is 28.7 Å². The molecule has 38 heavy (non-hydrogen) atoms.